The Morgan fingerprint density at radius 2 is 1.44 bits per heavy atom. The first kappa shape index (κ1) is 13.3. The fourth-order valence-electron chi connectivity index (χ4n) is 1.67. The molecule has 0 bridgehead atoms. The first-order chi connectivity index (χ1) is 8.49. The molecule has 0 saturated carbocycles. The highest BCUT2D eigenvalue weighted by Gasteiger charge is 2.20. The number of aliphatic hydroxyl groups excluding tert-OH is 1. The molecule has 1 atom stereocenters. The Hall–Kier alpha value is -1.16. The normalized spacial score (nSPS) is 12.5. The van der Waals surface area contributed by atoms with Crippen molar-refractivity contribution in [3.05, 3.63) is 69.2 Å². The largest absolute Gasteiger partial charge is 0.383 e. The van der Waals surface area contributed by atoms with Gasteiger partial charge < -0.3 is 5.11 Å². The Balaban J connectivity index is 2.51. The van der Waals surface area contributed by atoms with E-state index in [1.54, 1.807) is 0 Å². The maximum atomic E-state index is 13.5. The van der Waals surface area contributed by atoms with Crippen LogP contribution in [0.1, 0.15) is 17.2 Å². The number of aliphatic hydroxyl groups is 1. The van der Waals surface area contributed by atoms with Gasteiger partial charge in [0.25, 0.3) is 0 Å². The van der Waals surface area contributed by atoms with Crippen molar-refractivity contribution in [3.63, 3.8) is 0 Å². The van der Waals surface area contributed by atoms with E-state index in [2.05, 4.69) is 0 Å². The van der Waals surface area contributed by atoms with Gasteiger partial charge in [0.15, 0.2) is 0 Å². The Morgan fingerprint density at radius 1 is 0.944 bits per heavy atom. The summed E-state index contributed by atoms with van der Waals surface area (Å²) in [5.74, 6) is -1.64. The third-order valence-electron chi connectivity index (χ3n) is 2.47. The molecule has 0 aliphatic rings. The molecule has 0 spiro atoms. The lowest BCUT2D eigenvalue weighted by molar-refractivity contribution is 0.209. The van der Waals surface area contributed by atoms with E-state index in [9.17, 15) is 13.9 Å². The third kappa shape index (κ3) is 2.64. The summed E-state index contributed by atoms with van der Waals surface area (Å²) >= 11 is 11.6. The first-order valence-corrected chi connectivity index (χ1v) is 5.82. The van der Waals surface area contributed by atoms with Crippen LogP contribution in [0.3, 0.4) is 0 Å². The van der Waals surface area contributed by atoms with Crippen molar-refractivity contribution >= 4 is 23.2 Å². The number of hydrogen-bond acceptors (Lipinski definition) is 1. The number of benzene rings is 2. The maximum Gasteiger partial charge on any atom is 0.132 e. The SMILES string of the molecule is OC(c1cc(Cl)cc(Cl)c1)c1c(F)cccc1F. The van der Waals surface area contributed by atoms with E-state index in [1.165, 1.54) is 24.3 Å². The summed E-state index contributed by atoms with van der Waals surface area (Å²) in [6, 6.07) is 7.67. The van der Waals surface area contributed by atoms with E-state index in [4.69, 9.17) is 23.2 Å². The predicted molar refractivity (Wildman–Crippen MR) is 66.9 cm³/mol. The molecule has 0 aromatic heterocycles. The third-order valence-corrected chi connectivity index (χ3v) is 2.91. The van der Waals surface area contributed by atoms with Gasteiger partial charge in [-0.3, -0.25) is 0 Å². The fraction of sp³-hybridized carbons (Fsp3) is 0.0769. The smallest absolute Gasteiger partial charge is 0.132 e. The summed E-state index contributed by atoms with van der Waals surface area (Å²) in [7, 11) is 0. The van der Waals surface area contributed by atoms with Crippen molar-refractivity contribution in [3.8, 4) is 0 Å². The van der Waals surface area contributed by atoms with Crippen LogP contribution >= 0.6 is 23.2 Å². The van der Waals surface area contributed by atoms with E-state index in [1.807, 2.05) is 0 Å². The van der Waals surface area contributed by atoms with Gasteiger partial charge in [0.2, 0.25) is 0 Å². The molecular weight excluding hydrogens is 281 g/mol. The molecule has 0 radical (unpaired) electrons. The van der Waals surface area contributed by atoms with Gasteiger partial charge >= 0.3 is 0 Å². The van der Waals surface area contributed by atoms with E-state index in [0.717, 1.165) is 12.1 Å². The zero-order valence-corrected chi connectivity index (χ0v) is 10.5. The maximum absolute atomic E-state index is 13.5. The van der Waals surface area contributed by atoms with E-state index in [-0.39, 0.29) is 15.6 Å². The lowest BCUT2D eigenvalue weighted by Crippen LogP contribution is -2.05. The van der Waals surface area contributed by atoms with Crippen LogP contribution in [-0.2, 0) is 0 Å². The fourth-order valence-corrected chi connectivity index (χ4v) is 2.21. The number of hydrogen-bond donors (Lipinski definition) is 1. The van der Waals surface area contributed by atoms with Crippen LogP contribution in [0.4, 0.5) is 8.78 Å². The van der Waals surface area contributed by atoms with Crippen LogP contribution < -0.4 is 0 Å². The molecule has 0 saturated heterocycles. The zero-order chi connectivity index (χ0) is 13.3. The standard InChI is InChI=1S/C13H8Cl2F2O/c14-8-4-7(5-9(15)6-8)13(18)12-10(16)2-1-3-11(12)17/h1-6,13,18H. The molecule has 0 amide bonds. The van der Waals surface area contributed by atoms with Gasteiger partial charge in [0.05, 0.1) is 5.56 Å². The van der Waals surface area contributed by atoms with Crippen LogP contribution in [0, 0.1) is 11.6 Å². The second-order valence-corrected chi connectivity index (χ2v) is 4.61. The molecule has 18 heavy (non-hydrogen) atoms. The molecule has 0 heterocycles. The molecule has 2 aromatic carbocycles. The lowest BCUT2D eigenvalue weighted by atomic mass is 10.0. The summed E-state index contributed by atoms with van der Waals surface area (Å²) in [5.41, 5.74) is -0.188. The van der Waals surface area contributed by atoms with Crippen molar-refractivity contribution in [1.29, 1.82) is 0 Å². The minimum atomic E-state index is -1.46. The van der Waals surface area contributed by atoms with Crippen LogP contribution in [0.2, 0.25) is 10.0 Å². The van der Waals surface area contributed by atoms with Gasteiger partial charge in [-0.05, 0) is 35.9 Å². The van der Waals surface area contributed by atoms with Gasteiger partial charge in [0.1, 0.15) is 17.7 Å². The van der Waals surface area contributed by atoms with Gasteiger partial charge in [-0.25, -0.2) is 8.78 Å². The summed E-state index contributed by atoms with van der Waals surface area (Å²) in [4.78, 5) is 0. The highest BCUT2D eigenvalue weighted by Crippen LogP contribution is 2.30. The molecule has 0 aliphatic heterocycles. The minimum Gasteiger partial charge on any atom is -0.383 e. The molecule has 2 aromatic rings. The molecule has 1 N–H and O–H groups in total. The molecule has 0 fully saturated rings. The molecule has 2 rings (SSSR count). The summed E-state index contributed by atoms with van der Waals surface area (Å²) in [6.45, 7) is 0. The van der Waals surface area contributed by atoms with Crippen molar-refractivity contribution in [2.45, 2.75) is 6.10 Å². The van der Waals surface area contributed by atoms with Crippen molar-refractivity contribution in [2.75, 3.05) is 0 Å². The van der Waals surface area contributed by atoms with Crippen LogP contribution in [-0.4, -0.2) is 5.11 Å². The molecule has 94 valence electrons. The van der Waals surface area contributed by atoms with Crippen molar-refractivity contribution in [1.82, 2.24) is 0 Å². The van der Waals surface area contributed by atoms with Crippen molar-refractivity contribution in [2.24, 2.45) is 0 Å². The Morgan fingerprint density at radius 3 is 1.94 bits per heavy atom. The Bertz CT molecular complexity index is 547. The van der Waals surface area contributed by atoms with E-state index >= 15 is 0 Å². The molecular formula is C13H8Cl2F2O. The number of halogens is 4. The summed E-state index contributed by atoms with van der Waals surface area (Å²) in [5, 5.41) is 10.6. The molecule has 1 nitrogen and oxygen atoms in total. The van der Waals surface area contributed by atoms with Gasteiger partial charge in [-0.2, -0.15) is 0 Å². The quantitative estimate of drug-likeness (QED) is 0.871. The van der Waals surface area contributed by atoms with Crippen LogP contribution in [0.5, 0.6) is 0 Å². The highest BCUT2D eigenvalue weighted by molar-refractivity contribution is 6.34. The predicted octanol–water partition coefficient (Wildman–Crippen LogP) is 4.35. The van der Waals surface area contributed by atoms with Gasteiger partial charge in [0, 0.05) is 10.0 Å². The second kappa shape index (κ2) is 5.22. The first-order valence-electron chi connectivity index (χ1n) is 5.07. The number of rotatable bonds is 2. The highest BCUT2D eigenvalue weighted by atomic mass is 35.5. The van der Waals surface area contributed by atoms with E-state index in [0.29, 0.717) is 0 Å². The average molecular weight is 289 g/mol. The van der Waals surface area contributed by atoms with Crippen LogP contribution in [0.15, 0.2) is 36.4 Å². The monoisotopic (exact) mass is 288 g/mol. The van der Waals surface area contributed by atoms with Crippen LogP contribution in [0.25, 0.3) is 0 Å². The molecule has 1 unspecified atom stereocenters. The van der Waals surface area contributed by atoms with E-state index < -0.39 is 23.3 Å². The van der Waals surface area contributed by atoms with Gasteiger partial charge in [-0.15, -0.1) is 0 Å². The lowest BCUT2D eigenvalue weighted by Gasteiger charge is -2.14. The molecule has 5 heteroatoms. The Labute approximate surface area is 113 Å². The van der Waals surface area contributed by atoms with Crippen molar-refractivity contribution < 1.29 is 13.9 Å². The minimum absolute atomic E-state index is 0.233. The second-order valence-electron chi connectivity index (χ2n) is 3.74. The van der Waals surface area contributed by atoms with Gasteiger partial charge in [-0.1, -0.05) is 29.3 Å². The molecule has 0 aliphatic carbocycles. The average Bonchev–Trinajstić information content (AvgIpc) is 2.27. The Kier molecular flexibility index (Phi) is 3.85. The summed E-state index contributed by atoms with van der Waals surface area (Å²) in [6.07, 6.45) is -1.46. The summed E-state index contributed by atoms with van der Waals surface area (Å²) < 4.78 is 27.0. The topological polar surface area (TPSA) is 20.2 Å². The zero-order valence-electron chi connectivity index (χ0n) is 9.00.